The van der Waals surface area contributed by atoms with Crippen LogP contribution in [0.2, 0.25) is 0 Å². The van der Waals surface area contributed by atoms with E-state index in [9.17, 15) is 4.79 Å². The molecule has 0 bridgehead atoms. The summed E-state index contributed by atoms with van der Waals surface area (Å²) in [6, 6.07) is 3.39. The SMILES string of the molecule is O=C(OCc1nnc(-c2ccco2)o1)c1cnccn1. The summed E-state index contributed by atoms with van der Waals surface area (Å²) in [5, 5.41) is 7.53. The molecule has 0 saturated heterocycles. The average Bonchev–Trinajstić information content (AvgIpc) is 3.16. The zero-order valence-corrected chi connectivity index (χ0v) is 10.1. The van der Waals surface area contributed by atoms with E-state index in [2.05, 4.69) is 20.2 Å². The molecule has 0 radical (unpaired) electrons. The Balaban J connectivity index is 1.63. The van der Waals surface area contributed by atoms with Crippen LogP contribution >= 0.6 is 0 Å². The van der Waals surface area contributed by atoms with Crippen LogP contribution in [0.25, 0.3) is 11.7 Å². The summed E-state index contributed by atoms with van der Waals surface area (Å²) in [5.41, 5.74) is 0.110. The third-order valence-corrected chi connectivity index (χ3v) is 2.30. The molecule has 0 amide bonds. The second kappa shape index (κ2) is 5.31. The van der Waals surface area contributed by atoms with Gasteiger partial charge in [0.2, 0.25) is 0 Å². The van der Waals surface area contributed by atoms with Gasteiger partial charge in [0, 0.05) is 12.4 Å². The highest BCUT2D eigenvalue weighted by Gasteiger charge is 2.14. The maximum absolute atomic E-state index is 11.6. The van der Waals surface area contributed by atoms with E-state index in [0.717, 1.165) is 0 Å². The molecule has 20 heavy (non-hydrogen) atoms. The number of furan rings is 1. The summed E-state index contributed by atoms with van der Waals surface area (Å²) in [6.45, 7) is -0.150. The molecule has 3 heterocycles. The molecule has 3 aromatic rings. The van der Waals surface area contributed by atoms with Crippen molar-refractivity contribution in [1.82, 2.24) is 20.2 Å². The molecule has 0 aliphatic carbocycles. The Kier molecular flexibility index (Phi) is 3.19. The monoisotopic (exact) mass is 272 g/mol. The molecule has 8 heteroatoms. The van der Waals surface area contributed by atoms with Crippen molar-refractivity contribution >= 4 is 5.97 Å². The van der Waals surface area contributed by atoms with Gasteiger partial charge in [0.15, 0.2) is 18.1 Å². The maximum Gasteiger partial charge on any atom is 0.359 e. The van der Waals surface area contributed by atoms with E-state index in [1.54, 1.807) is 12.1 Å². The summed E-state index contributed by atoms with van der Waals surface area (Å²) in [5.74, 6) is 0.217. The smallest absolute Gasteiger partial charge is 0.359 e. The van der Waals surface area contributed by atoms with Gasteiger partial charge < -0.3 is 13.6 Å². The lowest BCUT2D eigenvalue weighted by Crippen LogP contribution is -2.07. The second-order valence-corrected chi connectivity index (χ2v) is 3.65. The van der Waals surface area contributed by atoms with Crippen LogP contribution in [0.3, 0.4) is 0 Å². The minimum atomic E-state index is -0.615. The number of aromatic nitrogens is 4. The van der Waals surface area contributed by atoms with Crippen molar-refractivity contribution in [3.63, 3.8) is 0 Å². The van der Waals surface area contributed by atoms with Crippen molar-refractivity contribution in [3.8, 4) is 11.7 Å². The lowest BCUT2D eigenvalue weighted by molar-refractivity contribution is 0.0431. The van der Waals surface area contributed by atoms with Crippen molar-refractivity contribution in [2.75, 3.05) is 0 Å². The largest absolute Gasteiger partial charge is 0.459 e. The highest BCUT2D eigenvalue weighted by Crippen LogP contribution is 2.18. The molecule has 0 spiro atoms. The summed E-state index contributed by atoms with van der Waals surface area (Å²) in [6.07, 6.45) is 5.67. The van der Waals surface area contributed by atoms with E-state index in [0.29, 0.717) is 5.76 Å². The summed E-state index contributed by atoms with van der Waals surface area (Å²) in [4.78, 5) is 19.2. The van der Waals surface area contributed by atoms with Crippen LogP contribution in [0.4, 0.5) is 0 Å². The third-order valence-electron chi connectivity index (χ3n) is 2.30. The first-order chi connectivity index (χ1) is 9.83. The molecule has 0 N–H and O–H groups in total. The van der Waals surface area contributed by atoms with Gasteiger partial charge in [-0.25, -0.2) is 9.78 Å². The normalized spacial score (nSPS) is 10.4. The van der Waals surface area contributed by atoms with Crippen molar-refractivity contribution < 1.29 is 18.4 Å². The van der Waals surface area contributed by atoms with Crippen LogP contribution in [0.5, 0.6) is 0 Å². The molecular weight excluding hydrogens is 264 g/mol. The topological polar surface area (TPSA) is 104 Å². The maximum atomic E-state index is 11.6. The van der Waals surface area contributed by atoms with E-state index in [-0.39, 0.29) is 24.1 Å². The molecule has 0 unspecified atom stereocenters. The Morgan fingerprint density at radius 2 is 2.25 bits per heavy atom. The molecule has 0 aromatic carbocycles. The number of hydrogen-bond donors (Lipinski definition) is 0. The first kappa shape index (κ1) is 12.0. The van der Waals surface area contributed by atoms with Crippen molar-refractivity contribution in [1.29, 1.82) is 0 Å². The zero-order chi connectivity index (χ0) is 13.8. The van der Waals surface area contributed by atoms with Gasteiger partial charge in [-0.05, 0) is 12.1 Å². The number of ether oxygens (including phenoxy) is 1. The summed E-state index contributed by atoms with van der Waals surface area (Å²) in [7, 11) is 0. The van der Waals surface area contributed by atoms with Gasteiger partial charge in [-0.3, -0.25) is 4.98 Å². The minimum Gasteiger partial charge on any atom is -0.459 e. The van der Waals surface area contributed by atoms with E-state index in [1.807, 2.05) is 0 Å². The molecule has 3 rings (SSSR count). The molecule has 8 nitrogen and oxygen atoms in total. The first-order valence-corrected chi connectivity index (χ1v) is 5.62. The third kappa shape index (κ3) is 2.53. The highest BCUT2D eigenvalue weighted by molar-refractivity contribution is 5.86. The van der Waals surface area contributed by atoms with Crippen LogP contribution in [0, 0.1) is 0 Å². The first-order valence-electron chi connectivity index (χ1n) is 5.62. The molecule has 0 saturated carbocycles. The van der Waals surface area contributed by atoms with Crippen LogP contribution in [0.15, 0.2) is 45.8 Å². The second-order valence-electron chi connectivity index (χ2n) is 3.65. The van der Waals surface area contributed by atoms with Crippen LogP contribution in [-0.2, 0) is 11.3 Å². The van der Waals surface area contributed by atoms with Gasteiger partial charge in [-0.2, -0.15) is 0 Å². The van der Waals surface area contributed by atoms with Gasteiger partial charge in [0.05, 0.1) is 12.5 Å². The van der Waals surface area contributed by atoms with Gasteiger partial charge in [-0.1, -0.05) is 0 Å². The molecule has 100 valence electrons. The Morgan fingerprint density at radius 1 is 1.30 bits per heavy atom. The molecule has 0 aliphatic heterocycles. The van der Waals surface area contributed by atoms with E-state index >= 15 is 0 Å². The fourth-order valence-corrected chi connectivity index (χ4v) is 1.42. The lowest BCUT2D eigenvalue weighted by Gasteiger charge is -1.99. The van der Waals surface area contributed by atoms with Crippen molar-refractivity contribution in [2.24, 2.45) is 0 Å². The fourth-order valence-electron chi connectivity index (χ4n) is 1.42. The Bertz CT molecular complexity index is 693. The average molecular weight is 272 g/mol. The van der Waals surface area contributed by atoms with Crippen LogP contribution < -0.4 is 0 Å². The molecule has 0 fully saturated rings. The fraction of sp³-hybridized carbons (Fsp3) is 0.0833. The molecule has 0 atom stereocenters. The highest BCUT2D eigenvalue weighted by atomic mass is 16.5. The standard InChI is InChI=1S/C12H8N4O4/c17-12(8-6-13-3-4-14-8)19-7-10-15-16-11(20-10)9-2-1-5-18-9/h1-6H,7H2. The number of hydrogen-bond acceptors (Lipinski definition) is 8. The van der Waals surface area contributed by atoms with Gasteiger partial charge in [0.1, 0.15) is 0 Å². The quantitative estimate of drug-likeness (QED) is 0.657. The van der Waals surface area contributed by atoms with E-state index in [1.165, 1.54) is 24.9 Å². The lowest BCUT2D eigenvalue weighted by atomic mass is 10.4. The van der Waals surface area contributed by atoms with E-state index < -0.39 is 5.97 Å². The Labute approximate surface area is 112 Å². The van der Waals surface area contributed by atoms with Crippen LogP contribution in [0.1, 0.15) is 16.4 Å². The van der Waals surface area contributed by atoms with Gasteiger partial charge in [0.25, 0.3) is 11.8 Å². The van der Waals surface area contributed by atoms with Crippen molar-refractivity contribution in [3.05, 3.63) is 48.6 Å². The minimum absolute atomic E-state index is 0.110. The predicted molar refractivity (Wildman–Crippen MR) is 63.2 cm³/mol. The number of carbonyl (C=O) groups excluding carboxylic acids is 1. The van der Waals surface area contributed by atoms with Gasteiger partial charge >= 0.3 is 5.97 Å². The van der Waals surface area contributed by atoms with E-state index in [4.69, 9.17) is 13.6 Å². The number of esters is 1. The number of rotatable bonds is 4. The molecular formula is C12H8N4O4. The summed E-state index contributed by atoms with van der Waals surface area (Å²) < 4.78 is 15.4. The van der Waals surface area contributed by atoms with Crippen molar-refractivity contribution in [2.45, 2.75) is 6.61 Å². The van der Waals surface area contributed by atoms with Crippen LogP contribution in [-0.4, -0.2) is 26.1 Å². The number of nitrogens with zero attached hydrogens (tertiary/aromatic N) is 4. The Morgan fingerprint density at radius 3 is 3.00 bits per heavy atom. The number of carbonyl (C=O) groups is 1. The molecule has 0 aliphatic rings. The predicted octanol–water partition coefficient (Wildman–Crippen LogP) is 1.48. The van der Waals surface area contributed by atoms with Gasteiger partial charge in [-0.15, -0.1) is 10.2 Å². The Hall–Kier alpha value is -3.03. The summed E-state index contributed by atoms with van der Waals surface area (Å²) >= 11 is 0. The zero-order valence-electron chi connectivity index (χ0n) is 10.1. The molecule has 3 aromatic heterocycles.